The van der Waals surface area contributed by atoms with E-state index in [0.717, 1.165) is 18.5 Å². The van der Waals surface area contributed by atoms with Gasteiger partial charge in [-0.2, -0.15) is 0 Å². The molecular formula is C13H21FN2O. The van der Waals surface area contributed by atoms with Crippen LogP contribution in [0.4, 0.5) is 4.39 Å². The third-order valence-electron chi connectivity index (χ3n) is 2.71. The number of ether oxygens (including phenoxy) is 1. The number of hydrogen-bond donors (Lipinski definition) is 2. The molecule has 0 spiro atoms. The van der Waals surface area contributed by atoms with Gasteiger partial charge in [-0.25, -0.2) is 4.39 Å². The van der Waals surface area contributed by atoms with E-state index in [2.05, 4.69) is 12.2 Å². The smallest absolute Gasteiger partial charge is 0.123 e. The lowest BCUT2D eigenvalue weighted by molar-refractivity contribution is 0.404. The highest BCUT2D eigenvalue weighted by molar-refractivity contribution is 5.33. The van der Waals surface area contributed by atoms with Gasteiger partial charge in [0.15, 0.2) is 0 Å². The Morgan fingerprint density at radius 3 is 2.88 bits per heavy atom. The summed E-state index contributed by atoms with van der Waals surface area (Å²) < 4.78 is 18.3. The zero-order valence-corrected chi connectivity index (χ0v) is 10.5. The van der Waals surface area contributed by atoms with Gasteiger partial charge < -0.3 is 15.8 Å². The molecule has 4 heteroatoms. The molecule has 1 rings (SSSR count). The lowest BCUT2D eigenvalue weighted by Crippen LogP contribution is -2.22. The fourth-order valence-electron chi connectivity index (χ4n) is 1.73. The van der Waals surface area contributed by atoms with Crippen molar-refractivity contribution in [1.82, 2.24) is 5.32 Å². The lowest BCUT2D eigenvalue weighted by atomic mass is 10.1. The monoisotopic (exact) mass is 240 g/mol. The van der Waals surface area contributed by atoms with E-state index in [0.29, 0.717) is 24.8 Å². The molecule has 0 amide bonds. The Labute approximate surface area is 102 Å². The number of nitrogens with one attached hydrogen (secondary N) is 1. The molecule has 96 valence electrons. The second kappa shape index (κ2) is 7.25. The third-order valence-corrected chi connectivity index (χ3v) is 2.71. The van der Waals surface area contributed by atoms with Crippen LogP contribution >= 0.6 is 0 Å². The largest absolute Gasteiger partial charge is 0.496 e. The van der Waals surface area contributed by atoms with E-state index < -0.39 is 0 Å². The molecule has 0 heterocycles. The van der Waals surface area contributed by atoms with Crippen molar-refractivity contribution in [3.63, 3.8) is 0 Å². The quantitative estimate of drug-likeness (QED) is 0.765. The molecule has 0 aliphatic carbocycles. The Hall–Kier alpha value is -1.13. The molecule has 0 bridgehead atoms. The van der Waals surface area contributed by atoms with Crippen LogP contribution in [-0.2, 0) is 6.54 Å². The van der Waals surface area contributed by atoms with Crippen LogP contribution in [0.15, 0.2) is 18.2 Å². The summed E-state index contributed by atoms with van der Waals surface area (Å²) in [5, 5.41) is 3.29. The van der Waals surface area contributed by atoms with Gasteiger partial charge in [0.1, 0.15) is 11.6 Å². The zero-order chi connectivity index (χ0) is 12.7. The molecule has 0 saturated carbocycles. The predicted molar refractivity (Wildman–Crippen MR) is 67.5 cm³/mol. The predicted octanol–water partition coefficient (Wildman–Crippen LogP) is 1.91. The number of hydrogen-bond acceptors (Lipinski definition) is 3. The van der Waals surface area contributed by atoms with Crippen LogP contribution in [0, 0.1) is 11.7 Å². The molecule has 3 nitrogen and oxygen atoms in total. The summed E-state index contributed by atoms with van der Waals surface area (Å²) in [5.74, 6) is 1.00. The Morgan fingerprint density at radius 2 is 2.24 bits per heavy atom. The van der Waals surface area contributed by atoms with E-state index in [1.807, 2.05) is 0 Å². The number of benzene rings is 1. The summed E-state index contributed by atoms with van der Waals surface area (Å²) in [6.07, 6.45) is 0.993. The van der Waals surface area contributed by atoms with Gasteiger partial charge in [-0.05, 0) is 43.6 Å². The maximum absolute atomic E-state index is 13.1. The highest BCUT2D eigenvalue weighted by atomic mass is 19.1. The second-order valence-corrected chi connectivity index (χ2v) is 4.27. The molecular weight excluding hydrogens is 219 g/mol. The van der Waals surface area contributed by atoms with Crippen molar-refractivity contribution >= 4 is 0 Å². The fourth-order valence-corrected chi connectivity index (χ4v) is 1.73. The first-order chi connectivity index (χ1) is 8.17. The van der Waals surface area contributed by atoms with Crippen molar-refractivity contribution in [2.45, 2.75) is 19.9 Å². The fraction of sp³-hybridized carbons (Fsp3) is 0.538. The standard InChI is InChI=1S/C13H21FN2O/c1-10(5-6-15)8-16-9-11-7-12(14)3-4-13(11)17-2/h3-4,7,10,16H,5-6,8-9,15H2,1-2H3. The van der Waals surface area contributed by atoms with Crippen molar-refractivity contribution in [2.75, 3.05) is 20.2 Å². The van der Waals surface area contributed by atoms with E-state index in [-0.39, 0.29) is 5.82 Å². The average molecular weight is 240 g/mol. The Bertz CT molecular complexity index is 344. The van der Waals surface area contributed by atoms with Gasteiger partial charge in [-0.3, -0.25) is 0 Å². The number of rotatable bonds is 7. The first kappa shape index (κ1) is 13.9. The van der Waals surface area contributed by atoms with Crippen LogP contribution in [0.2, 0.25) is 0 Å². The minimum Gasteiger partial charge on any atom is -0.496 e. The molecule has 3 N–H and O–H groups in total. The first-order valence-corrected chi connectivity index (χ1v) is 5.90. The molecule has 17 heavy (non-hydrogen) atoms. The molecule has 0 saturated heterocycles. The molecule has 0 radical (unpaired) electrons. The maximum Gasteiger partial charge on any atom is 0.123 e. The second-order valence-electron chi connectivity index (χ2n) is 4.27. The molecule has 1 unspecified atom stereocenters. The number of methoxy groups -OCH3 is 1. The molecule has 0 aromatic heterocycles. The van der Waals surface area contributed by atoms with Crippen molar-refractivity contribution in [3.05, 3.63) is 29.6 Å². The van der Waals surface area contributed by atoms with Gasteiger partial charge in [0, 0.05) is 12.1 Å². The van der Waals surface area contributed by atoms with Gasteiger partial charge in [-0.1, -0.05) is 6.92 Å². The van der Waals surface area contributed by atoms with E-state index in [4.69, 9.17) is 10.5 Å². The van der Waals surface area contributed by atoms with Crippen molar-refractivity contribution in [1.29, 1.82) is 0 Å². The van der Waals surface area contributed by atoms with Crippen molar-refractivity contribution < 1.29 is 9.13 Å². The summed E-state index contributed by atoms with van der Waals surface area (Å²) >= 11 is 0. The molecule has 1 aromatic rings. The minimum atomic E-state index is -0.238. The Balaban J connectivity index is 2.48. The van der Waals surface area contributed by atoms with Crippen LogP contribution in [0.3, 0.4) is 0 Å². The maximum atomic E-state index is 13.1. The zero-order valence-electron chi connectivity index (χ0n) is 10.5. The van der Waals surface area contributed by atoms with Crippen molar-refractivity contribution in [3.8, 4) is 5.75 Å². The van der Waals surface area contributed by atoms with E-state index in [1.165, 1.54) is 12.1 Å². The third kappa shape index (κ3) is 4.71. The van der Waals surface area contributed by atoms with Crippen molar-refractivity contribution in [2.24, 2.45) is 11.7 Å². The van der Waals surface area contributed by atoms with Gasteiger partial charge >= 0.3 is 0 Å². The highest BCUT2D eigenvalue weighted by Crippen LogP contribution is 2.18. The lowest BCUT2D eigenvalue weighted by Gasteiger charge is -2.13. The molecule has 0 aliphatic heterocycles. The first-order valence-electron chi connectivity index (χ1n) is 5.90. The van der Waals surface area contributed by atoms with Crippen LogP contribution in [0.1, 0.15) is 18.9 Å². The molecule has 0 aliphatic rings. The molecule has 0 fully saturated rings. The minimum absolute atomic E-state index is 0.238. The normalized spacial score (nSPS) is 12.5. The van der Waals surface area contributed by atoms with Gasteiger partial charge in [0.2, 0.25) is 0 Å². The molecule has 1 aromatic carbocycles. The van der Waals surface area contributed by atoms with E-state index >= 15 is 0 Å². The van der Waals surface area contributed by atoms with Crippen LogP contribution in [-0.4, -0.2) is 20.2 Å². The Kier molecular flexibility index (Phi) is 5.94. The number of nitrogens with two attached hydrogens (primary N) is 1. The average Bonchev–Trinajstić information content (AvgIpc) is 2.30. The number of halogens is 1. The van der Waals surface area contributed by atoms with Crippen LogP contribution in [0.5, 0.6) is 5.75 Å². The summed E-state index contributed by atoms with van der Waals surface area (Å²) in [7, 11) is 1.59. The summed E-state index contributed by atoms with van der Waals surface area (Å²) in [4.78, 5) is 0. The summed E-state index contributed by atoms with van der Waals surface area (Å²) in [6.45, 7) is 4.32. The van der Waals surface area contributed by atoms with Crippen LogP contribution < -0.4 is 15.8 Å². The van der Waals surface area contributed by atoms with Gasteiger partial charge in [-0.15, -0.1) is 0 Å². The van der Waals surface area contributed by atoms with Gasteiger partial charge in [0.05, 0.1) is 7.11 Å². The highest BCUT2D eigenvalue weighted by Gasteiger charge is 2.05. The molecule has 1 atom stereocenters. The summed E-state index contributed by atoms with van der Waals surface area (Å²) in [5.41, 5.74) is 6.32. The SMILES string of the molecule is COc1ccc(F)cc1CNCC(C)CCN. The van der Waals surface area contributed by atoms with Gasteiger partial charge in [0.25, 0.3) is 0 Å². The van der Waals surface area contributed by atoms with E-state index in [1.54, 1.807) is 13.2 Å². The summed E-state index contributed by atoms with van der Waals surface area (Å²) in [6, 6.07) is 4.55. The Morgan fingerprint density at radius 1 is 1.47 bits per heavy atom. The van der Waals surface area contributed by atoms with Crippen LogP contribution in [0.25, 0.3) is 0 Å². The topological polar surface area (TPSA) is 47.3 Å². The van der Waals surface area contributed by atoms with E-state index in [9.17, 15) is 4.39 Å².